The van der Waals surface area contributed by atoms with Crippen LogP contribution in [-0.2, 0) is 22.4 Å². The topological polar surface area (TPSA) is 107 Å². The number of amides is 1. The fraction of sp³-hybridized carbons (Fsp3) is 0.261. The first-order valence-corrected chi connectivity index (χ1v) is 10.1. The Morgan fingerprint density at radius 3 is 2.44 bits per heavy atom. The van der Waals surface area contributed by atoms with Gasteiger partial charge in [0, 0.05) is 23.4 Å². The lowest BCUT2D eigenvalue weighted by molar-refractivity contribution is -0.139. The van der Waals surface area contributed by atoms with Crippen molar-refractivity contribution in [3.63, 3.8) is 0 Å². The summed E-state index contributed by atoms with van der Waals surface area (Å²) in [6, 6.07) is 8.68. The highest BCUT2D eigenvalue weighted by atomic mass is 19.3. The zero-order valence-electron chi connectivity index (χ0n) is 18.2. The number of carbonyl (C=O) groups excluding carboxylic acids is 1. The minimum Gasteiger partial charge on any atom is -0.481 e. The highest BCUT2D eigenvalue weighted by Gasteiger charge is 2.24. The number of hydrogen-bond donors (Lipinski definition) is 2. The fourth-order valence-corrected chi connectivity index (χ4v) is 3.39. The van der Waals surface area contributed by atoms with Crippen molar-refractivity contribution in [2.75, 3.05) is 19.0 Å². The van der Waals surface area contributed by atoms with Crippen molar-refractivity contribution < 1.29 is 42.1 Å². The highest BCUT2D eigenvalue weighted by molar-refractivity contribution is 5.93. The Bertz CT molecular complexity index is 1200. The van der Waals surface area contributed by atoms with E-state index in [9.17, 15) is 22.8 Å². The SMILES string of the molecule is CCc1nc2c(F)ccc(OCC(=O)O)c2c(OC(F)F)c1Cc1ccc(NC(=O)OC)cc1. The number of rotatable bonds is 9. The molecule has 0 saturated carbocycles. The maximum atomic E-state index is 14.6. The Hall–Kier alpha value is -4.02. The summed E-state index contributed by atoms with van der Waals surface area (Å²) in [5.41, 5.74) is 1.45. The molecule has 0 saturated heterocycles. The van der Waals surface area contributed by atoms with Crippen molar-refractivity contribution in [1.82, 2.24) is 4.98 Å². The molecular formula is C23H21F3N2O6. The molecule has 3 rings (SSSR count). The average Bonchev–Trinajstić information content (AvgIpc) is 2.80. The van der Waals surface area contributed by atoms with E-state index in [4.69, 9.17) is 14.6 Å². The van der Waals surface area contributed by atoms with Gasteiger partial charge in [-0.05, 0) is 36.2 Å². The van der Waals surface area contributed by atoms with E-state index in [0.717, 1.165) is 12.1 Å². The summed E-state index contributed by atoms with van der Waals surface area (Å²) in [5, 5.41) is 11.3. The number of aryl methyl sites for hydroxylation is 1. The van der Waals surface area contributed by atoms with Gasteiger partial charge >= 0.3 is 18.7 Å². The van der Waals surface area contributed by atoms with Crippen LogP contribution < -0.4 is 14.8 Å². The van der Waals surface area contributed by atoms with E-state index in [1.54, 1.807) is 31.2 Å². The van der Waals surface area contributed by atoms with E-state index in [1.165, 1.54) is 7.11 Å². The molecule has 0 spiro atoms. The van der Waals surface area contributed by atoms with Gasteiger partial charge in [0.05, 0.1) is 12.5 Å². The summed E-state index contributed by atoms with van der Waals surface area (Å²) < 4.78 is 56.1. The average molecular weight is 478 g/mol. The van der Waals surface area contributed by atoms with Crippen molar-refractivity contribution in [1.29, 1.82) is 0 Å². The van der Waals surface area contributed by atoms with Crippen molar-refractivity contribution in [2.45, 2.75) is 26.4 Å². The lowest BCUT2D eigenvalue weighted by Gasteiger charge is -2.19. The summed E-state index contributed by atoms with van der Waals surface area (Å²) in [4.78, 5) is 26.6. The molecule has 11 heteroatoms. The molecule has 0 fully saturated rings. The zero-order valence-corrected chi connectivity index (χ0v) is 18.2. The standard InChI is InChI=1S/C23H21F3N2O6/c1-3-16-14(10-12-4-6-13(7-5-12)27-23(31)32-2)21(34-22(25)26)19-17(33-11-18(29)30)9-8-15(24)20(19)28-16/h4-9,22H,3,10-11H2,1-2H3,(H,27,31)(H,29,30). The number of hydrogen-bond acceptors (Lipinski definition) is 6. The van der Waals surface area contributed by atoms with Crippen LogP contribution in [0.1, 0.15) is 23.7 Å². The molecule has 0 aliphatic carbocycles. The maximum absolute atomic E-state index is 14.6. The van der Waals surface area contributed by atoms with Crippen LogP contribution in [-0.4, -0.2) is 42.5 Å². The summed E-state index contributed by atoms with van der Waals surface area (Å²) in [5.74, 6) is -2.58. The number of methoxy groups -OCH3 is 1. The second-order valence-corrected chi connectivity index (χ2v) is 7.04. The first-order chi connectivity index (χ1) is 16.2. The molecule has 2 aromatic carbocycles. The van der Waals surface area contributed by atoms with Crippen molar-refractivity contribution in [3.8, 4) is 11.5 Å². The molecule has 34 heavy (non-hydrogen) atoms. The molecule has 0 bridgehead atoms. The molecule has 0 aliphatic heterocycles. The number of carboxylic acid groups (broad SMARTS) is 1. The molecule has 1 aromatic heterocycles. The van der Waals surface area contributed by atoms with Crippen LogP contribution in [0.5, 0.6) is 11.5 Å². The zero-order chi connectivity index (χ0) is 24.8. The number of fused-ring (bicyclic) bond motifs is 1. The van der Waals surface area contributed by atoms with E-state index in [-0.39, 0.29) is 40.8 Å². The first kappa shape index (κ1) is 24.6. The number of benzene rings is 2. The number of ether oxygens (including phenoxy) is 3. The molecule has 1 heterocycles. The van der Waals surface area contributed by atoms with Crippen LogP contribution in [0.2, 0.25) is 0 Å². The van der Waals surface area contributed by atoms with Gasteiger partial charge in [-0.2, -0.15) is 8.78 Å². The minimum atomic E-state index is -3.24. The Balaban J connectivity index is 2.14. The minimum absolute atomic E-state index is 0.0849. The van der Waals surface area contributed by atoms with Gasteiger partial charge in [-0.3, -0.25) is 5.32 Å². The second kappa shape index (κ2) is 10.7. The number of alkyl halides is 2. The molecule has 8 nitrogen and oxygen atoms in total. The summed E-state index contributed by atoms with van der Waals surface area (Å²) in [7, 11) is 1.23. The first-order valence-electron chi connectivity index (χ1n) is 10.1. The number of halogens is 3. The number of aromatic nitrogens is 1. The molecule has 0 atom stereocenters. The second-order valence-electron chi connectivity index (χ2n) is 7.04. The molecular weight excluding hydrogens is 457 g/mol. The van der Waals surface area contributed by atoms with Crippen molar-refractivity contribution in [3.05, 3.63) is 59.0 Å². The third-order valence-electron chi connectivity index (χ3n) is 4.85. The van der Waals surface area contributed by atoms with Crippen molar-refractivity contribution >= 4 is 28.7 Å². The Morgan fingerprint density at radius 2 is 1.85 bits per heavy atom. The molecule has 0 radical (unpaired) electrons. The number of carboxylic acids is 1. The van der Waals surface area contributed by atoms with Crippen LogP contribution in [0.4, 0.5) is 23.7 Å². The van der Waals surface area contributed by atoms with Gasteiger partial charge in [0.1, 0.15) is 22.8 Å². The van der Waals surface area contributed by atoms with E-state index < -0.39 is 31.1 Å². The molecule has 180 valence electrons. The summed E-state index contributed by atoms with van der Waals surface area (Å²) in [6.07, 6.45) is -0.281. The van der Waals surface area contributed by atoms with E-state index >= 15 is 0 Å². The number of pyridine rings is 1. The predicted octanol–water partition coefficient (Wildman–Crippen LogP) is 4.77. The van der Waals surface area contributed by atoms with Crippen LogP contribution in [0, 0.1) is 5.82 Å². The molecule has 2 N–H and O–H groups in total. The van der Waals surface area contributed by atoms with E-state index in [1.807, 2.05) is 0 Å². The molecule has 0 unspecified atom stereocenters. The highest BCUT2D eigenvalue weighted by Crippen LogP contribution is 2.40. The number of carbonyl (C=O) groups is 2. The molecule has 0 aliphatic rings. The van der Waals surface area contributed by atoms with Crippen LogP contribution in [0.15, 0.2) is 36.4 Å². The van der Waals surface area contributed by atoms with Gasteiger partial charge in [0.25, 0.3) is 0 Å². The predicted molar refractivity (Wildman–Crippen MR) is 116 cm³/mol. The number of aliphatic carboxylic acids is 1. The third-order valence-corrected chi connectivity index (χ3v) is 4.85. The Kier molecular flexibility index (Phi) is 7.77. The Labute approximate surface area is 192 Å². The normalized spacial score (nSPS) is 10.9. The largest absolute Gasteiger partial charge is 0.481 e. The smallest absolute Gasteiger partial charge is 0.411 e. The number of anilines is 1. The van der Waals surface area contributed by atoms with Gasteiger partial charge in [-0.1, -0.05) is 19.1 Å². The van der Waals surface area contributed by atoms with Gasteiger partial charge < -0.3 is 19.3 Å². The molecule has 3 aromatic rings. The third kappa shape index (κ3) is 5.66. The number of nitrogens with one attached hydrogen (secondary N) is 1. The van der Waals surface area contributed by atoms with Crippen LogP contribution in [0.3, 0.4) is 0 Å². The van der Waals surface area contributed by atoms with E-state index in [0.29, 0.717) is 16.9 Å². The number of nitrogens with zero attached hydrogens (tertiary/aromatic N) is 1. The maximum Gasteiger partial charge on any atom is 0.411 e. The van der Waals surface area contributed by atoms with Gasteiger partial charge in [0.15, 0.2) is 6.61 Å². The van der Waals surface area contributed by atoms with Crippen molar-refractivity contribution in [2.24, 2.45) is 0 Å². The quantitative estimate of drug-likeness (QED) is 0.456. The lowest BCUT2D eigenvalue weighted by atomic mass is 9.98. The monoisotopic (exact) mass is 478 g/mol. The van der Waals surface area contributed by atoms with Crippen LogP contribution in [0.25, 0.3) is 10.9 Å². The van der Waals surface area contributed by atoms with Gasteiger partial charge in [-0.25, -0.2) is 19.0 Å². The lowest BCUT2D eigenvalue weighted by Crippen LogP contribution is -2.13. The summed E-state index contributed by atoms with van der Waals surface area (Å²) in [6.45, 7) is -2.28. The summed E-state index contributed by atoms with van der Waals surface area (Å²) >= 11 is 0. The Morgan fingerprint density at radius 1 is 1.15 bits per heavy atom. The van der Waals surface area contributed by atoms with E-state index in [2.05, 4.69) is 15.0 Å². The fourth-order valence-electron chi connectivity index (χ4n) is 3.39. The molecule has 1 amide bonds. The van der Waals surface area contributed by atoms with Gasteiger partial charge in [0.2, 0.25) is 0 Å². The van der Waals surface area contributed by atoms with Crippen LogP contribution >= 0.6 is 0 Å². The van der Waals surface area contributed by atoms with Gasteiger partial charge in [-0.15, -0.1) is 0 Å².